The van der Waals surface area contributed by atoms with E-state index >= 15 is 0 Å². The summed E-state index contributed by atoms with van der Waals surface area (Å²) in [6.45, 7) is 0.852. The maximum absolute atomic E-state index is 13.5. The number of rotatable bonds is 2. The molecule has 0 spiro atoms. The number of hydrogen-bond acceptors (Lipinski definition) is 4. The molecule has 6 nitrogen and oxygen atoms in total. The first-order chi connectivity index (χ1) is 14.3. The summed E-state index contributed by atoms with van der Waals surface area (Å²) >= 11 is 0. The molecule has 0 unspecified atom stereocenters. The van der Waals surface area contributed by atoms with Gasteiger partial charge in [-0.25, -0.2) is 4.98 Å². The fourth-order valence-corrected chi connectivity index (χ4v) is 3.77. The Morgan fingerprint density at radius 3 is 2.60 bits per heavy atom. The molecule has 3 heterocycles. The summed E-state index contributed by atoms with van der Waals surface area (Å²) in [5.74, 6) is -0.378. The lowest BCUT2D eigenvalue weighted by atomic mass is 9.97. The number of carbonyl (C=O) groups is 1. The monoisotopic (exact) mass is 413 g/mol. The first kappa shape index (κ1) is 19.9. The zero-order valence-electron chi connectivity index (χ0n) is 16.1. The Labute approximate surface area is 170 Å². The Bertz CT molecular complexity index is 1150. The quantitative estimate of drug-likeness (QED) is 0.636. The van der Waals surface area contributed by atoms with Crippen molar-refractivity contribution in [3.05, 3.63) is 47.7 Å². The van der Waals surface area contributed by atoms with Crippen molar-refractivity contribution < 1.29 is 18.0 Å². The SMILES string of the molecule is Cn1ncc2c(C(=O)N3CCC(C#N)CC3)cc(-c3ccccc3C(F)(F)F)nc21. The molecule has 154 valence electrons. The smallest absolute Gasteiger partial charge is 0.339 e. The van der Waals surface area contributed by atoms with Gasteiger partial charge in [0, 0.05) is 31.6 Å². The van der Waals surface area contributed by atoms with E-state index in [4.69, 9.17) is 5.26 Å². The molecular formula is C21H18F3N5O. The second-order valence-corrected chi connectivity index (χ2v) is 7.30. The van der Waals surface area contributed by atoms with E-state index in [9.17, 15) is 18.0 Å². The van der Waals surface area contributed by atoms with E-state index in [1.165, 1.54) is 35.1 Å². The number of aryl methyl sites for hydroxylation is 1. The molecule has 2 aromatic heterocycles. The van der Waals surface area contributed by atoms with Gasteiger partial charge in [-0.1, -0.05) is 18.2 Å². The minimum absolute atomic E-state index is 0.0642. The molecule has 0 aliphatic carbocycles. The highest BCUT2D eigenvalue weighted by molar-refractivity contribution is 6.06. The van der Waals surface area contributed by atoms with Gasteiger partial charge in [-0.3, -0.25) is 9.48 Å². The number of fused-ring (bicyclic) bond motifs is 1. The zero-order chi connectivity index (χ0) is 21.5. The lowest BCUT2D eigenvalue weighted by Crippen LogP contribution is -2.38. The molecule has 1 aliphatic rings. The van der Waals surface area contributed by atoms with Gasteiger partial charge in [0.05, 0.1) is 34.5 Å². The molecule has 0 atom stereocenters. The largest absolute Gasteiger partial charge is 0.417 e. The van der Waals surface area contributed by atoms with E-state index in [1.807, 2.05) is 0 Å². The van der Waals surface area contributed by atoms with Crippen LogP contribution >= 0.6 is 0 Å². The average molecular weight is 413 g/mol. The van der Waals surface area contributed by atoms with Crippen LogP contribution in [-0.2, 0) is 13.2 Å². The van der Waals surface area contributed by atoms with Gasteiger partial charge in [-0.2, -0.15) is 23.5 Å². The molecule has 0 N–H and O–H groups in total. The number of hydrogen-bond donors (Lipinski definition) is 0. The summed E-state index contributed by atoms with van der Waals surface area (Å²) in [5.41, 5.74) is -0.248. The summed E-state index contributed by atoms with van der Waals surface area (Å²) in [6.07, 6.45) is -1.90. The van der Waals surface area contributed by atoms with Crippen molar-refractivity contribution >= 4 is 16.9 Å². The number of benzene rings is 1. The second-order valence-electron chi connectivity index (χ2n) is 7.30. The Morgan fingerprint density at radius 2 is 1.93 bits per heavy atom. The second kappa shape index (κ2) is 7.44. The van der Waals surface area contributed by atoms with E-state index < -0.39 is 11.7 Å². The third kappa shape index (κ3) is 3.49. The summed E-state index contributed by atoms with van der Waals surface area (Å²) in [4.78, 5) is 19.3. The maximum Gasteiger partial charge on any atom is 0.417 e. The van der Waals surface area contributed by atoms with Gasteiger partial charge in [-0.15, -0.1) is 0 Å². The van der Waals surface area contributed by atoms with Gasteiger partial charge in [0.25, 0.3) is 5.91 Å². The van der Waals surface area contributed by atoms with Crippen LogP contribution < -0.4 is 0 Å². The highest BCUT2D eigenvalue weighted by Gasteiger charge is 2.34. The molecule has 30 heavy (non-hydrogen) atoms. The van der Waals surface area contributed by atoms with E-state index in [1.54, 1.807) is 11.9 Å². The predicted octanol–water partition coefficient (Wildman–Crippen LogP) is 4.03. The molecule has 1 fully saturated rings. The van der Waals surface area contributed by atoms with Gasteiger partial charge in [0.2, 0.25) is 0 Å². The average Bonchev–Trinajstić information content (AvgIpc) is 3.13. The normalized spacial score (nSPS) is 15.4. The number of likely N-dealkylation sites (tertiary alicyclic amines) is 1. The van der Waals surface area contributed by atoms with Crippen LogP contribution in [0.25, 0.3) is 22.3 Å². The number of alkyl halides is 3. The molecule has 0 bridgehead atoms. The first-order valence-corrected chi connectivity index (χ1v) is 9.48. The van der Waals surface area contributed by atoms with Crippen LogP contribution in [0.5, 0.6) is 0 Å². The molecule has 1 aromatic carbocycles. The number of carbonyl (C=O) groups excluding carboxylic acids is 1. The van der Waals surface area contributed by atoms with Gasteiger partial charge in [0.15, 0.2) is 5.65 Å². The van der Waals surface area contributed by atoms with Crippen LogP contribution in [0.15, 0.2) is 36.5 Å². The Morgan fingerprint density at radius 1 is 1.23 bits per heavy atom. The van der Waals surface area contributed by atoms with Crippen molar-refractivity contribution in [3.63, 3.8) is 0 Å². The number of nitrogens with zero attached hydrogens (tertiary/aromatic N) is 5. The Balaban J connectivity index is 1.83. The van der Waals surface area contributed by atoms with Gasteiger partial charge in [-0.05, 0) is 25.0 Å². The Hall–Kier alpha value is -3.41. The van der Waals surface area contributed by atoms with Gasteiger partial charge in [0.1, 0.15) is 0 Å². The standard InChI is InChI=1S/C21H18F3N5O/c1-28-19-16(12-26-28)15(20(30)29-8-6-13(11-25)7-9-29)10-18(27-19)14-4-2-3-5-17(14)21(22,23)24/h2-5,10,12-13H,6-9H2,1H3. The van der Waals surface area contributed by atoms with Crippen LogP contribution in [0.1, 0.15) is 28.8 Å². The third-order valence-electron chi connectivity index (χ3n) is 5.41. The van der Waals surface area contributed by atoms with E-state index in [0.29, 0.717) is 37.0 Å². The predicted molar refractivity (Wildman–Crippen MR) is 103 cm³/mol. The molecule has 0 saturated carbocycles. The molecule has 1 saturated heterocycles. The number of pyridine rings is 1. The van der Waals surface area contributed by atoms with Crippen molar-refractivity contribution in [2.75, 3.05) is 13.1 Å². The molecule has 3 aromatic rings. The summed E-state index contributed by atoms with van der Waals surface area (Å²) < 4.78 is 42.1. The minimum Gasteiger partial charge on any atom is -0.339 e. The molecule has 1 amide bonds. The highest BCUT2D eigenvalue weighted by atomic mass is 19.4. The number of amides is 1. The third-order valence-corrected chi connectivity index (χ3v) is 5.41. The topological polar surface area (TPSA) is 74.8 Å². The summed E-state index contributed by atoms with van der Waals surface area (Å²) in [6, 6.07) is 8.80. The molecule has 1 aliphatic heterocycles. The number of aromatic nitrogens is 3. The molecule has 4 rings (SSSR count). The molecular weight excluding hydrogens is 395 g/mol. The number of piperidine rings is 1. The minimum atomic E-state index is -4.55. The van der Waals surface area contributed by atoms with E-state index in [2.05, 4.69) is 16.2 Å². The molecule has 9 heteroatoms. The van der Waals surface area contributed by atoms with E-state index in [-0.39, 0.29) is 28.6 Å². The van der Waals surface area contributed by atoms with Crippen molar-refractivity contribution in [3.8, 4) is 17.3 Å². The summed E-state index contributed by atoms with van der Waals surface area (Å²) in [5, 5.41) is 13.7. The van der Waals surface area contributed by atoms with Crippen molar-refractivity contribution in [2.45, 2.75) is 19.0 Å². The van der Waals surface area contributed by atoms with Crippen LogP contribution in [0.3, 0.4) is 0 Å². The maximum atomic E-state index is 13.5. The lowest BCUT2D eigenvalue weighted by Gasteiger charge is -2.29. The fourth-order valence-electron chi connectivity index (χ4n) is 3.77. The highest BCUT2D eigenvalue weighted by Crippen LogP contribution is 2.37. The van der Waals surface area contributed by atoms with E-state index in [0.717, 1.165) is 6.07 Å². The Kier molecular flexibility index (Phi) is 4.94. The summed E-state index contributed by atoms with van der Waals surface area (Å²) in [7, 11) is 1.63. The number of nitriles is 1. The van der Waals surface area contributed by atoms with Gasteiger partial charge < -0.3 is 4.90 Å². The first-order valence-electron chi connectivity index (χ1n) is 9.48. The van der Waals surface area contributed by atoms with Crippen LogP contribution in [0.2, 0.25) is 0 Å². The fraction of sp³-hybridized carbons (Fsp3) is 0.333. The van der Waals surface area contributed by atoms with Crippen LogP contribution in [0, 0.1) is 17.2 Å². The molecule has 0 radical (unpaired) electrons. The van der Waals surface area contributed by atoms with Crippen molar-refractivity contribution in [1.82, 2.24) is 19.7 Å². The van der Waals surface area contributed by atoms with Crippen LogP contribution in [0.4, 0.5) is 13.2 Å². The van der Waals surface area contributed by atoms with Gasteiger partial charge >= 0.3 is 6.18 Å². The van der Waals surface area contributed by atoms with Crippen molar-refractivity contribution in [2.24, 2.45) is 13.0 Å². The zero-order valence-corrected chi connectivity index (χ0v) is 16.1. The number of halogens is 3. The van der Waals surface area contributed by atoms with Crippen LogP contribution in [-0.4, -0.2) is 38.7 Å². The lowest BCUT2D eigenvalue weighted by molar-refractivity contribution is -0.137. The van der Waals surface area contributed by atoms with Crippen molar-refractivity contribution in [1.29, 1.82) is 5.26 Å².